The number of nitrogens with zero attached hydrogens (tertiary/aromatic N) is 1. The van der Waals surface area contributed by atoms with Gasteiger partial charge in [-0.1, -0.05) is 0 Å². The molecule has 5 nitrogen and oxygen atoms in total. The maximum Gasteiger partial charge on any atom is 0.237 e. The molecule has 6 heteroatoms. The number of alkyl halides is 1. The van der Waals surface area contributed by atoms with Gasteiger partial charge in [-0.15, -0.1) is 0 Å². The largest absolute Gasteiger partial charge is 0.380 e. The number of halogens is 1. The molecule has 0 aromatic heterocycles. The van der Waals surface area contributed by atoms with Crippen LogP contribution in [0.2, 0.25) is 0 Å². The van der Waals surface area contributed by atoms with Crippen molar-refractivity contribution in [3.63, 3.8) is 0 Å². The molecule has 0 aromatic rings. The summed E-state index contributed by atoms with van der Waals surface area (Å²) in [6, 6.07) is -0.379. The maximum absolute atomic E-state index is 13.9. The first-order chi connectivity index (χ1) is 8.77. The SMILES string of the molecule is O=C1NCCC1N(C1CCOC1)[C@@H]1COC[C@H]1F. The molecule has 3 saturated heterocycles. The monoisotopic (exact) mass is 258 g/mol. The van der Waals surface area contributed by atoms with Crippen LogP contribution in [0.1, 0.15) is 12.8 Å². The van der Waals surface area contributed by atoms with E-state index in [0.29, 0.717) is 26.4 Å². The van der Waals surface area contributed by atoms with Gasteiger partial charge in [-0.25, -0.2) is 4.39 Å². The Morgan fingerprint density at radius 3 is 2.67 bits per heavy atom. The zero-order valence-corrected chi connectivity index (χ0v) is 10.3. The lowest BCUT2D eigenvalue weighted by Gasteiger charge is -2.37. The van der Waals surface area contributed by atoms with Crippen molar-refractivity contribution in [3.8, 4) is 0 Å². The topological polar surface area (TPSA) is 50.8 Å². The maximum atomic E-state index is 13.9. The Balaban J connectivity index is 1.80. The number of hydrogen-bond acceptors (Lipinski definition) is 4. The molecular formula is C12H19FN2O3. The predicted molar refractivity (Wildman–Crippen MR) is 62.0 cm³/mol. The highest BCUT2D eigenvalue weighted by molar-refractivity contribution is 5.83. The normalized spacial score (nSPS) is 40.7. The number of amides is 1. The van der Waals surface area contributed by atoms with Crippen LogP contribution in [0.5, 0.6) is 0 Å². The molecule has 0 aromatic carbocycles. The molecule has 4 atom stereocenters. The molecular weight excluding hydrogens is 239 g/mol. The van der Waals surface area contributed by atoms with Crippen LogP contribution >= 0.6 is 0 Å². The van der Waals surface area contributed by atoms with E-state index in [2.05, 4.69) is 5.32 Å². The highest BCUT2D eigenvalue weighted by Gasteiger charge is 2.44. The molecule has 0 aliphatic carbocycles. The Morgan fingerprint density at radius 1 is 1.22 bits per heavy atom. The molecule has 3 rings (SSSR count). The van der Waals surface area contributed by atoms with E-state index in [-0.39, 0.29) is 30.6 Å². The summed E-state index contributed by atoms with van der Waals surface area (Å²) in [4.78, 5) is 13.9. The first-order valence-electron chi connectivity index (χ1n) is 6.62. The number of ether oxygens (including phenoxy) is 2. The van der Waals surface area contributed by atoms with Gasteiger partial charge in [0.1, 0.15) is 6.17 Å². The smallest absolute Gasteiger partial charge is 0.237 e. The Hall–Kier alpha value is -0.720. The van der Waals surface area contributed by atoms with Crippen LogP contribution in [0.15, 0.2) is 0 Å². The zero-order chi connectivity index (χ0) is 12.5. The summed E-state index contributed by atoms with van der Waals surface area (Å²) in [5.74, 6) is 0.0148. The van der Waals surface area contributed by atoms with Gasteiger partial charge in [0.05, 0.1) is 31.9 Å². The molecule has 3 heterocycles. The van der Waals surface area contributed by atoms with Crippen molar-refractivity contribution in [1.29, 1.82) is 0 Å². The molecule has 18 heavy (non-hydrogen) atoms. The van der Waals surface area contributed by atoms with Gasteiger partial charge < -0.3 is 14.8 Å². The van der Waals surface area contributed by atoms with Gasteiger partial charge in [0.15, 0.2) is 0 Å². The first kappa shape index (κ1) is 12.3. The van der Waals surface area contributed by atoms with Crippen LogP contribution in [-0.4, -0.2) is 68.1 Å². The molecule has 0 saturated carbocycles. The van der Waals surface area contributed by atoms with E-state index in [0.717, 1.165) is 12.8 Å². The molecule has 0 radical (unpaired) electrons. The number of carbonyl (C=O) groups excluding carboxylic acids is 1. The van der Waals surface area contributed by atoms with Gasteiger partial charge in [0, 0.05) is 19.2 Å². The van der Waals surface area contributed by atoms with Crippen LogP contribution in [0.4, 0.5) is 4.39 Å². The van der Waals surface area contributed by atoms with E-state index in [1.54, 1.807) is 0 Å². The highest BCUT2D eigenvalue weighted by Crippen LogP contribution is 2.27. The zero-order valence-electron chi connectivity index (χ0n) is 10.3. The molecule has 3 aliphatic heterocycles. The van der Waals surface area contributed by atoms with E-state index in [1.807, 2.05) is 4.90 Å². The summed E-state index contributed by atoms with van der Waals surface area (Å²) in [5.41, 5.74) is 0. The summed E-state index contributed by atoms with van der Waals surface area (Å²) >= 11 is 0. The van der Waals surface area contributed by atoms with Crippen molar-refractivity contribution in [1.82, 2.24) is 10.2 Å². The summed E-state index contributed by atoms with van der Waals surface area (Å²) in [6.45, 7) is 2.48. The Labute approximate surface area is 106 Å². The minimum Gasteiger partial charge on any atom is -0.380 e. The van der Waals surface area contributed by atoms with E-state index in [4.69, 9.17) is 9.47 Å². The average molecular weight is 258 g/mol. The lowest BCUT2D eigenvalue weighted by molar-refractivity contribution is -0.126. The van der Waals surface area contributed by atoms with Gasteiger partial charge >= 0.3 is 0 Å². The van der Waals surface area contributed by atoms with Crippen molar-refractivity contribution in [2.45, 2.75) is 37.1 Å². The van der Waals surface area contributed by atoms with Crippen molar-refractivity contribution < 1.29 is 18.7 Å². The summed E-state index contributed by atoms with van der Waals surface area (Å²) in [6.07, 6.45) is 0.616. The van der Waals surface area contributed by atoms with E-state index in [1.165, 1.54) is 0 Å². The molecule has 3 aliphatic rings. The van der Waals surface area contributed by atoms with Gasteiger partial charge in [-0.2, -0.15) is 0 Å². The second-order valence-electron chi connectivity index (χ2n) is 5.18. The van der Waals surface area contributed by atoms with Crippen molar-refractivity contribution in [2.75, 3.05) is 33.0 Å². The molecule has 1 N–H and O–H groups in total. The second kappa shape index (κ2) is 5.11. The fourth-order valence-electron chi connectivity index (χ4n) is 3.17. The quantitative estimate of drug-likeness (QED) is 0.755. The summed E-state index contributed by atoms with van der Waals surface area (Å²) in [5, 5.41) is 2.83. The third kappa shape index (κ3) is 2.13. The third-order valence-electron chi connectivity index (χ3n) is 4.07. The number of nitrogens with one attached hydrogen (secondary N) is 1. The van der Waals surface area contributed by atoms with E-state index in [9.17, 15) is 9.18 Å². The average Bonchev–Trinajstić information content (AvgIpc) is 3.05. The first-order valence-corrected chi connectivity index (χ1v) is 6.62. The summed E-state index contributed by atoms with van der Waals surface area (Å²) < 4.78 is 24.5. The summed E-state index contributed by atoms with van der Waals surface area (Å²) in [7, 11) is 0. The van der Waals surface area contributed by atoms with Crippen LogP contribution in [0.3, 0.4) is 0 Å². The minimum absolute atomic E-state index is 0.0148. The lowest BCUT2D eigenvalue weighted by Crippen LogP contribution is -2.55. The lowest BCUT2D eigenvalue weighted by atomic mass is 10.0. The Bertz CT molecular complexity index is 322. The minimum atomic E-state index is -1.00. The Kier molecular flexibility index (Phi) is 3.50. The third-order valence-corrected chi connectivity index (χ3v) is 4.07. The van der Waals surface area contributed by atoms with Crippen LogP contribution < -0.4 is 5.32 Å². The molecule has 102 valence electrons. The van der Waals surface area contributed by atoms with Crippen LogP contribution in [-0.2, 0) is 14.3 Å². The van der Waals surface area contributed by atoms with Crippen molar-refractivity contribution >= 4 is 5.91 Å². The molecule has 3 fully saturated rings. The molecule has 0 spiro atoms. The number of carbonyl (C=O) groups is 1. The fourth-order valence-corrected chi connectivity index (χ4v) is 3.17. The Morgan fingerprint density at radius 2 is 2.11 bits per heavy atom. The van der Waals surface area contributed by atoms with Gasteiger partial charge in [0.25, 0.3) is 0 Å². The predicted octanol–water partition coefficient (Wildman–Crippen LogP) is -0.297. The van der Waals surface area contributed by atoms with Gasteiger partial charge in [0.2, 0.25) is 5.91 Å². The van der Waals surface area contributed by atoms with Crippen molar-refractivity contribution in [2.24, 2.45) is 0 Å². The van der Waals surface area contributed by atoms with Crippen LogP contribution in [0, 0.1) is 0 Å². The van der Waals surface area contributed by atoms with E-state index < -0.39 is 6.17 Å². The standard InChI is InChI=1S/C12H19FN2O3/c13-9-6-18-7-11(9)15(8-2-4-17-5-8)10-1-3-14-12(10)16/h8-11H,1-7H2,(H,14,16)/t8?,9-,10?,11-/m1/s1. The van der Waals surface area contributed by atoms with Gasteiger partial charge in [-0.3, -0.25) is 9.69 Å². The number of rotatable bonds is 3. The second-order valence-corrected chi connectivity index (χ2v) is 5.18. The highest BCUT2D eigenvalue weighted by atomic mass is 19.1. The molecule has 2 unspecified atom stereocenters. The number of hydrogen-bond donors (Lipinski definition) is 1. The van der Waals surface area contributed by atoms with Gasteiger partial charge in [-0.05, 0) is 12.8 Å². The van der Waals surface area contributed by atoms with Crippen LogP contribution in [0.25, 0.3) is 0 Å². The fraction of sp³-hybridized carbons (Fsp3) is 0.917. The van der Waals surface area contributed by atoms with Crippen molar-refractivity contribution in [3.05, 3.63) is 0 Å². The molecule has 0 bridgehead atoms. The molecule has 1 amide bonds. The van der Waals surface area contributed by atoms with E-state index >= 15 is 0 Å².